The van der Waals surface area contributed by atoms with Gasteiger partial charge < -0.3 is 9.80 Å². The Hall–Kier alpha value is -1.95. The van der Waals surface area contributed by atoms with E-state index in [0.717, 1.165) is 45.4 Å². The summed E-state index contributed by atoms with van der Waals surface area (Å²) < 4.78 is 13.9. The summed E-state index contributed by atoms with van der Waals surface area (Å²) in [5, 5.41) is 0. The van der Waals surface area contributed by atoms with Crippen molar-refractivity contribution >= 4 is 11.8 Å². The predicted octanol–water partition coefficient (Wildman–Crippen LogP) is 2.12. The molecule has 26 heavy (non-hydrogen) atoms. The molecule has 2 heterocycles. The molecule has 2 aliphatic heterocycles. The summed E-state index contributed by atoms with van der Waals surface area (Å²) >= 11 is 0. The Labute approximate surface area is 154 Å². The van der Waals surface area contributed by atoms with E-state index in [1.165, 1.54) is 6.07 Å². The van der Waals surface area contributed by atoms with Crippen LogP contribution in [0.15, 0.2) is 24.3 Å². The average molecular weight is 361 g/mol. The largest absolute Gasteiger partial charge is 0.342 e. The second-order valence-corrected chi connectivity index (χ2v) is 7.35. The van der Waals surface area contributed by atoms with Gasteiger partial charge in [0.05, 0.1) is 5.92 Å². The molecule has 5 nitrogen and oxygen atoms in total. The number of rotatable bonds is 3. The molecule has 1 atom stereocenters. The van der Waals surface area contributed by atoms with E-state index in [4.69, 9.17) is 0 Å². The number of carbonyl (C=O) groups excluding carboxylic acids is 2. The SMILES string of the molecule is CC(=O)N1CCC[C@@H](C(=O)N2CCCN(Cc3ccccc3F)CC2)C1. The van der Waals surface area contributed by atoms with E-state index < -0.39 is 0 Å². The highest BCUT2D eigenvalue weighted by molar-refractivity contribution is 5.80. The van der Waals surface area contributed by atoms with Crippen LogP contribution in [0.5, 0.6) is 0 Å². The number of piperidine rings is 1. The molecule has 0 aromatic heterocycles. The first-order chi connectivity index (χ1) is 12.5. The molecule has 0 spiro atoms. The first-order valence-electron chi connectivity index (χ1n) is 9.54. The Balaban J connectivity index is 1.55. The molecule has 142 valence electrons. The number of likely N-dealkylation sites (tertiary alicyclic amines) is 1. The third kappa shape index (κ3) is 4.61. The number of amides is 2. The summed E-state index contributed by atoms with van der Waals surface area (Å²) in [4.78, 5) is 30.5. The lowest BCUT2D eigenvalue weighted by molar-refractivity contribution is -0.140. The van der Waals surface area contributed by atoms with Crippen molar-refractivity contribution in [2.45, 2.75) is 32.7 Å². The Kier molecular flexibility index (Phi) is 6.25. The molecule has 0 N–H and O–H groups in total. The summed E-state index contributed by atoms with van der Waals surface area (Å²) in [7, 11) is 0. The lowest BCUT2D eigenvalue weighted by atomic mass is 9.96. The Morgan fingerprint density at radius 3 is 2.58 bits per heavy atom. The van der Waals surface area contributed by atoms with E-state index in [1.807, 2.05) is 17.0 Å². The van der Waals surface area contributed by atoms with Crippen molar-refractivity contribution < 1.29 is 14.0 Å². The van der Waals surface area contributed by atoms with Crippen molar-refractivity contribution in [3.05, 3.63) is 35.6 Å². The van der Waals surface area contributed by atoms with Crippen LogP contribution in [0.3, 0.4) is 0 Å². The Bertz CT molecular complexity index is 652. The fourth-order valence-electron chi connectivity index (χ4n) is 3.94. The highest BCUT2D eigenvalue weighted by Gasteiger charge is 2.31. The van der Waals surface area contributed by atoms with Crippen LogP contribution in [0, 0.1) is 11.7 Å². The third-order valence-corrected chi connectivity index (χ3v) is 5.47. The fraction of sp³-hybridized carbons (Fsp3) is 0.600. The van der Waals surface area contributed by atoms with Crippen LogP contribution in [0.1, 0.15) is 31.7 Å². The highest BCUT2D eigenvalue weighted by Crippen LogP contribution is 2.20. The average Bonchev–Trinajstić information content (AvgIpc) is 2.89. The van der Waals surface area contributed by atoms with Crippen molar-refractivity contribution in [1.29, 1.82) is 0 Å². The molecule has 0 bridgehead atoms. The van der Waals surface area contributed by atoms with Crippen LogP contribution in [0.25, 0.3) is 0 Å². The van der Waals surface area contributed by atoms with E-state index in [9.17, 15) is 14.0 Å². The number of carbonyl (C=O) groups is 2. The van der Waals surface area contributed by atoms with Crippen molar-refractivity contribution in [3.8, 4) is 0 Å². The molecule has 2 amide bonds. The van der Waals surface area contributed by atoms with E-state index in [0.29, 0.717) is 25.2 Å². The maximum atomic E-state index is 13.9. The molecule has 0 aliphatic carbocycles. The van der Waals surface area contributed by atoms with Gasteiger partial charge in [0, 0.05) is 58.3 Å². The van der Waals surface area contributed by atoms with Crippen LogP contribution < -0.4 is 0 Å². The first-order valence-corrected chi connectivity index (χ1v) is 9.54. The van der Waals surface area contributed by atoms with E-state index in [2.05, 4.69) is 4.90 Å². The van der Waals surface area contributed by atoms with Gasteiger partial charge in [0.25, 0.3) is 0 Å². The molecular formula is C20H28FN3O2. The molecule has 1 aromatic carbocycles. The van der Waals surface area contributed by atoms with Crippen molar-refractivity contribution in [1.82, 2.24) is 14.7 Å². The zero-order chi connectivity index (χ0) is 18.5. The van der Waals surface area contributed by atoms with Gasteiger partial charge >= 0.3 is 0 Å². The maximum Gasteiger partial charge on any atom is 0.227 e. The lowest BCUT2D eigenvalue weighted by Gasteiger charge is -2.34. The van der Waals surface area contributed by atoms with Gasteiger partial charge in [-0.2, -0.15) is 0 Å². The predicted molar refractivity (Wildman–Crippen MR) is 97.9 cm³/mol. The standard InChI is InChI=1S/C20H28FN3O2/c1-16(25)24-10-4-7-18(15-24)20(26)23-11-5-9-22(12-13-23)14-17-6-2-3-8-19(17)21/h2-3,6,8,18H,4-5,7,9-15H2,1H3/t18-/m1/s1. The summed E-state index contributed by atoms with van der Waals surface area (Å²) in [5.74, 6) is -0.0277. The summed E-state index contributed by atoms with van der Waals surface area (Å²) in [6.07, 6.45) is 2.64. The third-order valence-electron chi connectivity index (χ3n) is 5.47. The summed E-state index contributed by atoms with van der Waals surface area (Å²) in [6.45, 7) is 6.48. The molecule has 2 saturated heterocycles. The first kappa shape index (κ1) is 18.8. The van der Waals surface area contributed by atoms with Gasteiger partial charge in [-0.1, -0.05) is 18.2 Å². The topological polar surface area (TPSA) is 43.9 Å². The molecule has 1 aromatic rings. The number of hydrogen-bond donors (Lipinski definition) is 0. The van der Waals surface area contributed by atoms with E-state index in [1.54, 1.807) is 17.9 Å². The smallest absolute Gasteiger partial charge is 0.227 e. The minimum atomic E-state index is -0.170. The molecule has 6 heteroatoms. The number of benzene rings is 1. The number of hydrogen-bond acceptors (Lipinski definition) is 3. The van der Waals surface area contributed by atoms with Gasteiger partial charge in [0.1, 0.15) is 5.82 Å². The van der Waals surface area contributed by atoms with Crippen LogP contribution >= 0.6 is 0 Å². The van der Waals surface area contributed by atoms with Crippen molar-refractivity contribution in [2.75, 3.05) is 39.3 Å². The Morgan fingerprint density at radius 2 is 1.81 bits per heavy atom. The number of nitrogens with zero attached hydrogens (tertiary/aromatic N) is 3. The van der Waals surface area contributed by atoms with E-state index in [-0.39, 0.29) is 23.5 Å². The second-order valence-electron chi connectivity index (χ2n) is 7.35. The van der Waals surface area contributed by atoms with Crippen molar-refractivity contribution in [2.24, 2.45) is 5.92 Å². The molecule has 0 radical (unpaired) electrons. The van der Waals surface area contributed by atoms with Crippen LogP contribution in [0.2, 0.25) is 0 Å². The van der Waals surface area contributed by atoms with Gasteiger partial charge in [0.2, 0.25) is 11.8 Å². The fourth-order valence-corrected chi connectivity index (χ4v) is 3.94. The van der Waals surface area contributed by atoms with Gasteiger partial charge in [0.15, 0.2) is 0 Å². The molecule has 3 rings (SSSR count). The summed E-state index contributed by atoms with van der Waals surface area (Å²) in [6, 6.07) is 6.88. The van der Waals surface area contributed by atoms with Crippen molar-refractivity contribution in [3.63, 3.8) is 0 Å². The minimum Gasteiger partial charge on any atom is -0.342 e. The molecule has 0 unspecified atom stereocenters. The highest BCUT2D eigenvalue weighted by atomic mass is 19.1. The molecule has 0 saturated carbocycles. The second kappa shape index (κ2) is 8.62. The zero-order valence-corrected chi connectivity index (χ0v) is 15.5. The summed E-state index contributed by atoms with van der Waals surface area (Å²) in [5.41, 5.74) is 0.705. The minimum absolute atomic E-state index is 0.0504. The van der Waals surface area contributed by atoms with E-state index >= 15 is 0 Å². The molecular weight excluding hydrogens is 333 g/mol. The van der Waals surface area contributed by atoms with Gasteiger partial charge in [-0.25, -0.2) is 4.39 Å². The maximum absolute atomic E-state index is 13.9. The molecule has 2 aliphatic rings. The van der Waals surface area contributed by atoms with Gasteiger partial charge in [-0.15, -0.1) is 0 Å². The van der Waals surface area contributed by atoms with Crippen LogP contribution in [0.4, 0.5) is 4.39 Å². The van der Waals surface area contributed by atoms with Crippen LogP contribution in [-0.4, -0.2) is 65.8 Å². The normalized spacial score (nSPS) is 22.2. The van der Waals surface area contributed by atoms with Crippen LogP contribution in [-0.2, 0) is 16.1 Å². The quantitative estimate of drug-likeness (QED) is 0.828. The van der Waals surface area contributed by atoms with Gasteiger partial charge in [-0.05, 0) is 25.3 Å². The van der Waals surface area contributed by atoms with Gasteiger partial charge in [-0.3, -0.25) is 14.5 Å². The number of halogens is 1. The Morgan fingerprint density at radius 1 is 1.04 bits per heavy atom. The zero-order valence-electron chi connectivity index (χ0n) is 15.5. The lowest BCUT2D eigenvalue weighted by Crippen LogP contribution is -2.47. The molecule has 2 fully saturated rings. The monoisotopic (exact) mass is 361 g/mol.